The van der Waals surface area contributed by atoms with Gasteiger partial charge in [0.15, 0.2) is 0 Å². The monoisotopic (exact) mass is 514 g/mol. The Labute approximate surface area is 168 Å². The molecule has 0 amide bonds. The summed E-state index contributed by atoms with van der Waals surface area (Å²) >= 11 is 0. The first-order valence-corrected chi connectivity index (χ1v) is 7.35. The van der Waals surface area contributed by atoms with Gasteiger partial charge in [-0.15, -0.1) is 0 Å². The standard InChI is InChI=1S/C16H26.2ClH.Ra/c1-3-7-11-15(12-8-4-1)16-13-9-5-2-6-10-14-16;;;/h11,13H,1-10,12,14H2;2*1H;/q;;;+2/p-2. The Bertz CT molecular complexity index is 244. The zero-order chi connectivity index (χ0) is 11.1. The van der Waals surface area contributed by atoms with E-state index < -0.39 is 0 Å². The maximum atomic E-state index is 2.55. The number of allylic oxidation sites excluding steroid dienone is 4. The number of hydrogen-bond donors (Lipinski definition) is 0. The second-order valence-corrected chi connectivity index (χ2v) is 5.36. The van der Waals surface area contributed by atoms with Gasteiger partial charge >= 0.3 is 45.0 Å². The molecule has 0 N–H and O–H groups in total. The molecule has 0 aromatic carbocycles. The molecule has 2 aliphatic rings. The van der Waals surface area contributed by atoms with Crippen LogP contribution >= 0.6 is 0 Å². The zero-order valence-electron chi connectivity index (χ0n) is 12.1. The second-order valence-electron chi connectivity index (χ2n) is 5.36. The molecular formula is C16H26Cl2Ra. The van der Waals surface area contributed by atoms with Crippen LogP contribution in [0.1, 0.15) is 77.0 Å². The third-order valence-corrected chi connectivity index (χ3v) is 3.99. The summed E-state index contributed by atoms with van der Waals surface area (Å²) < 4.78 is 0. The van der Waals surface area contributed by atoms with E-state index in [4.69, 9.17) is 0 Å². The van der Waals surface area contributed by atoms with Gasteiger partial charge in [-0.3, -0.25) is 0 Å². The molecule has 0 bridgehead atoms. The quantitative estimate of drug-likeness (QED) is 0.445. The Morgan fingerprint density at radius 3 is 1.32 bits per heavy atom. The van der Waals surface area contributed by atoms with Crippen molar-refractivity contribution in [2.45, 2.75) is 77.0 Å². The van der Waals surface area contributed by atoms with Gasteiger partial charge in [-0.25, -0.2) is 0 Å². The molecular weight excluding hydrogens is 489 g/mol. The fourth-order valence-electron chi connectivity index (χ4n) is 2.97. The number of hydrogen-bond acceptors (Lipinski definition) is 0. The van der Waals surface area contributed by atoms with Crippen LogP contribution in [0, 0.1) is 45.0 Å². The summed E-state index contributed by atoms with van der Waals surface area (Å²) in [5.41, 5.74) is 3.42. The van der Waals surface area contributed by atoms with Crippen LogP contribution in [0.3, 0.4) is 0 Å². The fraction of sp³-hybridized carbons (Fsp3) is 0.750. The molecule has 0 aliphatic heterocycles. The molecule has 106 valence electrons. The van der Waals surface area contributed by atoms with Gasteiger partial charge < -0.3 is 24.8 Å². The Hall–Kier alpha value is 1.53. The third-order valence-electron chi connectivity index (χ3n) is 3.99. The average molecular weight is 515 g/mol. The number of rotatable bonds is 1. The van der Waals surface area contributed by atoms with Gasteiger partial charge in [0.05, 0.1) is 0 Å². The van der Waals surface area contributed by atoms with Crippen LogP contribution in [0.25, 0.3) is 0 Å². The van der Waals surface area contributed by atoms with Crippen LogP contribution in [0.15, 0.2) is 23.3 Å². The van der Waals surface area contributed by atoms with E-state index in [1.807, 2.05) is 0 Å². The number of halogens is 2. The normalized spacial score (nSPS) is 20.6. The van der Waals surface area contributed by atoms with Crippen molar-refractivity contribution in [1.29, 1.82) is 0 Å². The minimum atomic E-state index is 0. The Morgan fingerprint density at radius 1 is 0.526 bits per heavy atom. The average Bonchev–Trinajstić information content (AvgIpc) is 2.18. The van der Waals surface area contributed by atoms with E-state index in [1.54, 1.807) is 11.1 Å². The minimum Gasteiger partial charge on any atom is -1.00 e. The van der Waals surface area contributed by atoms with Gasteiger partial charge in [-0.05, 0) is 62.5 Å². The molecule has 0 spiro atoms. The molecule has 0 unspecified atom stereocenters. The molecule has 0 aromatic heterocycles. The molecule has 0 saturated carbocycles. The molecule has 0 saturated heterocycles. The van der Waals surface area contributed by atoms with Crippen LogP contribution in [-0.2, 0) is 0 Å². The van der Waals surface area contributed by atoms with Crippen LogP contribution in [-0.4, -0.2) is 0 Å². The largest absolute Gasteiger partial charge is 2.00 e. The summed E-state index contributed by atoms with van der Waals surface area (Å²) in [5, 5.41) is 0. The van der Waals surface area contributed by atoms with Crippen LogP contribution in [0.4, 0.5) is 0 Å². The summed E-state index contributed by atoms with van der Waals surface area (Å²) in [6, 6.07) is 0. The van der Waals surface area contributed by atoms with Gasteiger partial charge in [0, 0.05) is 0 Å². The first kappa shape index (κ1) is 22.8. The SMILES string of the molecule is C1=C(C2=CCCCCCC2)CCCCCC1.[Cl-].[Cl-].[Ra+2]. The van der Waals surface area contributed by atoms with Gasteiger partial charge in [-0.2, -0.15) is 0 Å². The van der Waals surface area contributed by atoms with E-state index in [9.17, 15) is 0 Å². The van der Waals surface area contributed by atoms with Crippen molar-refractivity contribution in [2.24, 2.45) is 0 Å². The maximum absolute atomic E-state index is 2.55. The predicted octanol–water partition coefficient (Wildman–Crippen LogP) is -0.444. The molecule has 0 nitrogen and oxygen atoms in total. The molecule has 0 aromatic rings. The van der Waals surface area contributed by atoms with E-state index in [1.165, 1.54) is 77.0 Å². The molecule has 0 atom stereocenters. The van der Waals surface area contributed by atoms with E-state index in [2.05, 4.69) is 12.2 Å². The van der Waals surface area contributed by atoms with Crippen molar-refractivity contribution in [3.05, 3.63) is 23.3 Å². The summed E-state index contributed by atoms with van der Waals surface area (Å²) in [6.07, 6.45) is 21.9. The van der Waals surface area contributed by atoms with Crippen molar-refractivity contribution < 1.29 is 69.8 Å². The maximum Gasteiger partial charge on any atom is 2.00 e. The summed E-state index contributed by atoms with van der Waals surface area (Å²) in [6.45, 7) is 0. The van der Waals surface area contributed by atoms with Crippen molar-refractivity contribution in [3.63, 3.8) is 0 Å². The first-order valence-electron chi connectivity index (χ1n) is 7.35. The van der Waals surface area contributed by atoms with Crippen molar-refractivity contribution in [1.82, 2.24) is 0 Å². The van der Waals surface area contributed by atoms with Gasteiger partial charge in [0.2, 0.25) is 0 Å². The molecule has 2 rings (SSSR count). The summed E-state index contributed by atoms with van der Waals surface area (Å²) in [7, 11) is 0. The zero-order valence-corrected chi connectivity index (χ0v) is 19.4. The van der Waals surface area contributed by atoms with Crippen LogP contribution in [0.2, 0.25) is 0 Å². The summed E-state index contributed by atoms with van der Waals surface area (Å²) in [5.74, 6) is 0. The first-order chi connectivity index (χ1) is 7.97. The van der Waals surface area contributed by atoms with Crippen molar-refractivity contribution >= 4 is 0 Å². The van der Waals surface area contributed by atoms with Gasteiger partial charge in [0.1, 0.15) is 0 Å². The Kier molecular flexibility index (Phi) is 17.4. The molecule has 0 heterocycles. The van der Waals surface area contributed by atoms with E-state index in [0.717, 1.165) is 0 Å². The fourth-order valence-corrected chi connectivity index (χ4v) is 2.97. The Balaban J connectivity index is 0. The summed E-state index contributed by atoms with van der Waals surface area (Å²) in [4.78, 5) is 0. The van der Waals surface area contributed by atoms with Crippen molar-refractivity contribution in [3.8, 4) is 0 Å². The van der Waals surface area contributed by atoms with Crippen molar-refractivity contribution in [2.75, 3.05) is 0 Å². The minimum absolute atomic E-state index is 0. The topological polar surface area (TPSA) is 0 Å². The molecule has 0 radical (unpaired) electrons. The van der Waals surface area contributed by atoms with Crippen LogP contribution in [0.5, 0.6) is 0 Å². The van der Waals surface area contributed by atoms with E-state index >= 15 is 0 Å². The van der Waals surface area contributed by atoms with E-state index in [-0.39, 0.29) is 69.8 Å². The molecule has 19 heavy (non-hydrogen) atoms. The smallest absolute Gasteiger partial charge is 1.00 e. The molecule has 2 aliphatic carbocycles. The van der Waals surface area contributed by atoms with Crippen LogP contribution < -0.4 is 24.8 Å². The second kappa shape index (κ2) is 14.5. The van der Waals surface area contributed by atoms with E-state index in [0.29, 0.717) is 0 Å². The molecule has 3 heteroatoms. The predicted molar refractivity (Wildman–Crippen MR) is 71.6 cm³/mol. The van der Waals surface area contributed by atoms with Gasteiger partial charge in [-0.1, -0.05) is 37.8 Å². The third kappa shape index (κ3) is 9.21. The Morgan fingerprint density at radius 2 is 0.895 bits per heavy atom. The van der Waals surface area contributed by atoms with Gasteiger partial charge in [0.25, 0.3) is 0 Å². The molecule has 0 fully saturated rings.